The average molecular weight is 953 g/mol. The second-order valence-corrected chi connectivity index (χ2v) is 15.7. The van der Waals surface area contributed by atoms with Crippen molar-refractivity contribution < 1.29 is 112 Å². The van der Waals surface area contributed by atoms with E-state index in [2.05, 4.69) is 0 Å². The van der Waals surface area contributed by atoms with Gasteiger partial charge in [-0.25, -0.2) is 0 Å². The van der Waals surface area contributed by atoms with E-state index in [0.717, 1.165) is 39.4 Å². The summed E-state index contributed by atoms with van der Waals surface area (Å²) in [5.41, 5.74) is 5.42. The van der Waals surface area contributed by atoms with Gasteiger partial charge in [0.05, 0.1) is 11.9 Å². The van der Waals surface area contributed by atoms with Gasteiger partial charge in [-0.05, 0) is 93.5 Å². The zero-order valence-corrected chi connectivity index (χ0v) is 42.9. The van der Waals surface area contributed by atoms with Crippen molar-refractivity contribution in [2.45, 2.75) is 46.2 Å². The summed E-state index contributed by atoms with van der Waals surface area (Å²) in [6, 6.07) is 59.3. The maximum atomic E-state index is 11.7. The molecule has 0 amide bonds. The molecule has 0 heterocycles. The van der Waals surface area contributed by atoms with E-state index in [4.69, 9.17) is 33.2 Å². The minimum absolute atomic E-state index is 0. The van der Waals surface area contributed by atoms with Gasteiger partial charge >= 0.3 is 59.1 Å². The first kappa shape index (κ1) is 52.7. The fraction of sp³-hybridized carbons (Fsp3) is 0.123. The van der Waals surface area contributed by atoms with Gasteiger partial charge in [-0.15, -0.1) is 0 Å². The van der Waals surface area contributed by atoms with Gasteiger partial charge in [-0.1, -0.05) is 121 Å². The third-order valence-electron chi connectivity index (χ3n) is 10.4. The Morgan fingerprint density at radius 3 is 0.686 bits per heavy atom. The van der Waals surface area contributed by atoms with Crippen LogP contribution in [0.1, 0.15) is 59.7 Å². The fourth-order valence-corrected chi connectivity index (χ4v) is 7.02. The number of carboxylic acids is 2. The Morgan fingerprint density at radius 1 is 0.271 bits per heavy atom. The Hall–Kier alpha value is -6.70. The SMILES string of the molecule is O=C([O-])c1cc(OCc2cc(OCc3cc(OCc4ccccc4)cc(OCc4ccccc4)c3)cc(OCc3cc(OCc4ccccc4)cc(OCc4ccccc4)c3)c2)cc(C(=O)[O-])c1.[Na+].[Na+]. The van der Waals surface area contributed by atoms with Gasteiger partial charge in [0.1, 0.15) is 86.5 Å². The van der Waals surface area contributed by atoms with Crippen LogP contribution in [0.4, 0.5) is 0 Å². The van der Waals surface area contributed by atoms with E-state index >= 15 is 0 Å². The Balaban J connectivity index is 0.00000402. The number of ether oxygens (including phenoxy) is 7. The molecule has 13 heteroatoms. The van der Waals surface area contributed by atoms with Crippen LogP contribution in [-0.4, -0.2) is 11.9 Å². The largest absolute Gasteiger partial charge is 1.00 e. The summed E-state index contributed by atoms with van der Waals surface area (Å²) in [7, 11) is 0. The molecule has 0 atom stereocenters. The Labute approximate surface area is 451 Å². The molecule has 0 fully saturated rings. The van der Waals surface area contributed by atoms with E-state index in [0.29, 0.717) is 66.5 Å². The van der Waals surface area contributed by atoms with E-state index in [9.17, 15) is 19.8 Å². The molecule has 8 aromatic carbocycles. The van der Waals surface area contributed by atoms with Crippen LogP contribution in [0.2, 0.25) is 0 Å². The van der Waals surface area contributed by atoms with Crippen molar-refractivity contribution in [3.63, 3.8) is 0 Å². The molecule has 0 aliphatic heterocycles. The van der Waals surface area contributed by atoms with Crippen LogP contribution in [0.15, 0.2) is 194 Å². The number of carbonyl (C=O) groups is 2. The number of carboxylic acid groups (broad SMARTS) is 2. The summed E-state index contributed by atoms with van der Waals surface area (Å²) in [6.07, 6.45) is 0. The fourth-order valence-electron chi connectivity index (χ4n) is 7.02. The molecule has 0 aliphatic rings. The summed E-state index contributed by atoms with van der Waals surface area (Å²) in [6.45, 7) is 1.52. The van der Waals surface area contributed by atoms with Gasteiger partial charge in [-0.2, -0.15) is 0 Å². The Bertz CT molecular complexity index is 2610. The number of hydrogen-bond donors (Lipinski definition) is 0. The zero-order valence-electron chi connectivity index (χ0n) is 38.9. The number of carbonyl (C=O) groups excluding carboxylic acids is 2. The van der Waals surface area contributed by atoms with Crippen molar-refractivity contribution in [2.24, 2.45) is 0 Å². The van der Waals surface area contributed by atoms with Crippen LogP contribution < -0.4 is 102 Å². The molecule has 342 valence electrons. The normalized spacial score (nSPS) is 10.4. The molecule has 11 nitrogen and oxygen atoms in total. The van der Waals surface area contributed by atoms with Crippen LogP contribution in [-0.2, 0) is 46.2 Å². The predicted molar refractivity (Wildman–Crippen MR) is 251 cm³/mol. The van der Waals surface area contributed by atoms with Crippen LogP contribution >= 0.6 is 0 Å². The molecule has 0 bridgehead atoms. The van der Waals surface area contributed by atoms with Crippen molar-refractivity contribution in [3.05, 3.63) is 244 Å². The Kier molecular flexibility index (Phi) is 20.2. The van der Waals surface area contributed by atoms with Crippen molar-refractivity contribution in [1.82, 2.24) is 0 Å². The van der Waals surface area contributed by atoms with Crippen molar-refractivity contribution in [2.75, 3.05) is 0 Å². The molecule has 0 N–H and O–H groups in total. The van der Waals surface area contributed by atoms with E-state index in [1.807, 2.05) is 158 Å². The zero-order chi connectivity index (χ0) is 46.9. The summed E-state index contributed by atoms with van der Waals surface area (Å²) in [5, 5.41) is 23.4. The van der Waals surface area contributed by atoms with E-state index in [-0.39, 0.29) is 95.8 Å². The predicted octanol–water partition coefficient (Wildman–Crippen LogP) is 3.47. The molecule has 0 radical (unpaired) electrons. The number of rotatable bonds is 23. The number of aromatic carboxylic acids is 2. The molecule has 0 unspecified atom stereocenters. The maximum absolute atomic E-state index is 11.7. The third-order valence-corrected chi connectivity index (χ3v) is 10.4. The quantitative estimate of drug-likeness (QED) is 0.0871. The number of benzene rings is 8. The van der Waals surface area contributed by atoms with Gasteiger partial charge in [-0.3, -0.25) is 0 Å². The van der Waals surface area contributed by atoms with E-state index < -0.39 is 11.9 Å². The van der Waals surface area contributed by atoms with E-state index in [1.165, 1.54) is 12.1 Å². The molecule has 70 heavy (non-hydrogen) atoms. The van der Waals surface area contributed by atoms with Gasteiger partial charge in [0.15, 0.2) is 0 Å². The first-order chi connectivity index (χ1) is 33.3. The summed E-state index contributed by atoms with van der Waals surface area (Å²) in [5.74, 6) is 0.114. The maximum Gasteiger partial charge on any atom is 1.00 e. The van der Waals surface area contributed by atoms with E-state index in [1.54, 1.807) is 18.2 Å². The van der Waals surface area contributed by atoms with Crippen molar-refractivity contribution in [3.8, 4) is 40.2 Å². The molecule has 0 spiro atoms. The Morgan fingerprint density at radius 2 is 0.471 bits per heavy atom. The molecule has 8 rings (SSSR count). The summed E-state index contributed by atoms with van der Waals surface area (Å²) < 4.78 is 43.8. The van der Waals surface area contributed by atoms with Crippen molar-refractivity contribution in [1.29, 1.82) is 0 Å². The average Bonchev–Trinajstić information content (AvgIpc) is 3.37. The topological polar surface area (TPSA) is 145 Å². The monoisotopic (exact) mass is 952 g/mol. The molecule has 0 aliphatic carbocycles. The first-order valence-corrected chi connectivity index (χ1v) is 21.8. The minimum Gasteiger partial charge on any atom is -0.545 e. The van der Waals surface area contributed by atoms with Crippen LogP contribution in [0.3, 0.4) is 0 Å². The molecular formula is C57H46Na2O11. The molecule has 0 saturated heterocycles. The first-order valence-electron chi connectivity index (χ1n) is 21.8. The van der Waals surface area contributed by atoms with Crippen LogP contribution in [0.25, 0.3) is 0 Å². The number of hydrogen-bond acceptors (Lipinski definition) is 11. The minimum atomic E-state index is -1.56. The molecule has 0 saturated carbocycles. The standard InChI is InChI=1S/C57H48O11.2Na/c58-56(59)47-27-48(57(60)61)29-55(28-47)68-39-46-25-53(66-37-44-21-49(62-33-40-13-5-1-6-14-40)30-50(22-44)63-34-41-15-7-2-8-16-41)32-54(26-46)67-38-45-23-51(64-35-42-17-9-3-10-18-42)31-52(24-45)65-36-43-19-11-4-12-20-43;;/h1-32H,33-39H2,(H,58,59)(H,60,61);;/q;2*+1/p-2. The second kappa shape index (κ2) is 26.9. The molecular weight excluding hydrogens is 907 g/mol. The molecule has 8 aromatic rings. The third kappa shape index (κ3) is 16.5. The summed E-state index contributed by atoms with van der Waals surface area (Å²) >= 11 is 0. The smallest absolute Gasteiger partial charge is 0.545 e. The summed E-state index contributed by atoms with van der Waals surface area (Å²) in [4.78, 5) is 23.4. The molecule has 0 aromatic heterocycles. The van der Waals surface area contributed by atoms with Gasteiger partial charge < -0.3 is 53.0 Å². The van der Waals surface area contributed by atoms with Crippen LogP contribution in [0, 0.1) is 0 Å². The van der Waals surface area contributed by atoms with Gasteiger partial charge in [0, 0.05) is 29.3 Å². The van der Waals surface area contributed by atoms with Crippen LogP contribution in [0.5, 0.6) is 40.2 Å². The second-order valence-electron chi connectivity index (χ2n) is 15.7. The van der Waals surface area contributed by atoms with Crippen molar-refractivity contribution >= 4 is 11.9 Å². The van der Waals surface area contributed by atoms with Gasteiger partial charge in [0.2, 0.25) is 0 Å². The van der Waals surface area contributed by atoms with Gasteiger partial charge in [0.25, 0.3) is 0 Å².